The molecule has 0 saturated heterocycles. The van der Waals surface area contributed by atoms with Crippen LogP contribution in [-0.4, -0.2) is 37.3 Å². The normalized spacial score (nSPS) is 14.8. The van der Waals surface area contributed by atoms with Gasteiger partial charge in [0.1, 0.15) is 5.76 Å². The van der Waals surface area contributed by atoms with Crippen LogP contribution < -0.4 is 0 Å². The summed E-state index contributed by atoms with van der Waals surface area (Å²) in [6, 6.07) is 6.67. The molecule has 1 aromatic carbocycles. The van der Waals surface area contributed by atoms with Crippen LogP contribution in [0.4, 0.5) is 0 Å². The van der Waals surface area contributed by atoms with Crippen LogP contribution in [0.1, 0.15) is 49.6 Å². The van der Waals surface area contributed by atoms with Crippen molar-refractivity contribution < 1.29 is 22.4 Å². The first-order valence-corrected chi connectivity index (χ1v) is 11.4. The van der Waals surface area contributed by atoms with Crippen molar-refractivity contribution in [3.8, 4) is 0 Å². The first kappa shape index (κ1) is 21.5. The highest BCUT2D eigenvalue weighted by Crippen LogP contribution is 2.26. The van der Waals surface area contributed by atoms with E-state index in [9.17, 15) is 13.2 Å². The summed E-state index contributed by atoms with van der Waals surface area (Å²) in [6.07, 6.45) is 3.07. The molecule has 0 spiro atoms. The largest absolute Gasteiger partial charge is 0.469 e. The number of nitrogens with zero attached hydrogens (tertiary/aromatic N) is 2. The quantitative estimate of drug-likeness (QED) is 0.610. The van der Waals surface area contributed by atoms with Gasteiger partial charge in [0, 0.05) is 25.8 Å². The second kappa shape index (κ2) is 9.09. The van der Waals surface area contributed by atoms with E-state index in [4.69, 9.17) is 4.42 Å². The highest BCUT2D eigenvalue weighted by atomic mass is 32.2. The highest BCUT2D eigenvalue weighted by Gasteiger charge is 2.31. The number of rotatable bonds is 8. The van der Waals surface area contributed by atoms with E-state index in [1.54, 1.807) is 24.3 Å². The van der Waals surface area contributed by atoms with Gasteiger partial charge < -0.3 is 9.15 Å². The molecule has 1 aliphatic rings. The van der Waals surface area contributed by atoms with Gasteiger partial charge in [-0.1, -0.05) is 26.0 Å². The van der Waals surface area contributed by atoms with Crippen molar-refractivity contribution in [1.29, 1.82) is 0 Å². The lowest BCUT2D eigenvalue weighted by atomic mass is 10.1. The van der Waals surface area contributed by atoms with Crippen molar-refractivity contribution in [2.24, 2.45) is 5.92 Å². The number of aryl methyl sites for hydroxylation is 2. The Morgan fingerprint density at radius 1 is 1.24 bits per heavy atom. The Labute approximate surface area is 172 Å². The number of ether oxygens (including phenoxy) is 1. The third kappa shape index (κ3) is 5.25. The zero-order chi connectivity index (χ0) is 21.0. The van der Waals surface area contributed by atoms with Gasteiger partial charge in [-0.2, -0.15) is 4.31 Å². The van der Waals surface area contributed by atoms with Crippen LogP contribution >= 0.6 is 0 Å². The number of fused-ring (bicyclic) bond motifs is 1. The van der Waals surface area contributed by atoms with Gasteiger partial charge in [-0.15, -0.1) is 0 Å². The molecule has 1 aromatic heterocycles. The molecule has 0 unspecified atom stereocenters. The van der Waals surface area contributed by atoms with Crippen molar-refractivity contribution in [3.05, 3.63) is 47.2 Å². The molecule has 0 radical (unpaired) electrons. The average Bonchev–Trinajstić information content (AvgIpc) is 3.13. The Morgan fingerprint density at radius 2 is 1.97 bits per heavy atom. The summed E-state index contributed by atoms with van der Waals surface area (Å²) in [7, 11) is -2.26. The summed E-state index contributed by atoms with van der Waals surface area (Å²) in [5.74, 6) is 1.77. The van der Waals surface area contributed by atoms with E-state index in [-0.39, 0.29) is 23.8 Å². The molecule has 0 N–H and O–H groups in total. The van der Waals surface area contributed by atoms with E-state index >= 15 is 0 Å². The maximum absolute atomic E-state index is 13.0. The maximum Gasteiger partial charge on any atom is 0.305 e. The van der Waals surface area contributed by atoms with Crippen LogP contribution in [0.2, 0.25) is 0 Å². The molecule has 29 heavy (non-hydrogen) atoms. The van der Waals surface area contributed by atoms with E-state index in [1.165, 1.54) is 11.4 Å². The average molecular weight is 421 g/mol. The third-order valence-corrected chi connectivity index (χ3v) is 6.94. The fourth-order valence-electron chi connectivity index (χ4n) is 3.28. The number of benzene rings is 1. The lowest BCUT2D eigenvalue weighted by Gasteiger charge is -2.24. The Bertz CT molecular complexity index is 948. The van der Waals surface area contributed by atoms with Gasteiger partial charge in [0.25, 0.3) is 0 Å². The van der Waals surface area contributed by atoms with Crippen LogP contribution in [0.5, 0.6) is 0 Å². The van der Waals surface area contributed by atoms with Crippen molar-refractivity contribution in [3.63, 3.8) is 0 Å². The van der Waals surface area contributed by atoms with Crippen molar-refractivity contribution in [2.45, 2.75) is 57.4 Å². The van der Waals surface area contributed by atoms with Gasteiger partial charge in [0.15, 0.2) is 5.89 Å². The van der Waals surface area contributed by atoms with Crippen molar-refractivity contribution in [2.75, 3.05) is 13.7 Å². The smallest absolute Gasteiger partial charge is 0.305 e. The van der Waals surface area contributed by atoms with Crippen LogP contribution in [0, 0.1) is 5.92 Å². The van der Waals surface area contributed by atoms with Crippen molar-refractivity contribution in [1.82, 2.24) is 9.29 Å². The lowest BCUT2D eigenvalue weighted by Crippen LogP contribution is -2.35. The number of hydrogen-bond acceptors (Lipinski definition) is 6. The summed E-state index contributed by atoms with van der Waals surface area (Å²) in [4.78, 5) is 16.0. The van der Waals surface area contributed by atoms with Gasteiger partial charge in [0.2, 0.25) is 10.0 Å². The second-order valence-electron chi connectivity index (χ2n) is 7.72. The molecule has 0 fully saturated rings. The maximum atomic E-state index is 13.0. The van der Waals surface area contributed by atoms with Crippen LogP contribution in [0.15, 0.2) is 33.6 Å². The molecular formula is C21H28N2O5S. The van der Waals surface area contributed by atoms with Gasteiger partial charge in [0.05, 0.1) is 24.2 Å². The third-order valence-electron chi connectivity index (χ3n) is 5.08. The minimum Gasteiger partial charge on any atom is -0.469 e. The monoisotopic (exact) mass is 420 g/mol. The van der Waals surface area contributed by atoms with E-state index in [0.29, 0.717) is 36.9 Å². The SMILES string of the molecule is COC(=O)CCc1ccc(S(=O)(=O)N2CCc3oc(CCC(C)C)nc3C2)cc1. The van der Waals surface area contributed by atoms with Gasteiger partial charge in [-0.05, 0) is 36.5 Å². The van der Waals surface area contributed by atoms with E-state index in [0.717, 1.165) is 24.2 Å². The number of sulfonamides is 1. The predicted octanol–water partition coefficient (Wildman–Crippen LogP) is 3.12. The number of oxazole rings is 1. The summed E-state index contributed by atoms with van der Waals surface area (Å²) < 4.78 is 38.0. The highest BCUT2D eigenvalue weighted by molar-refractivity contribution is 7.89. The molecule has 0 amide bonds. The second-order valence-corrected chi connectivity index (χ2v) is 9.66. The van der Waals surface area contributed by atoms with Crippen molar-refractivity contribution >= 4 is 16.0 Å². The standard InChI is InChI=1S/C21H28N2O5S/c1-15(2)4-10-20-22-18-14-23(13-12-19(18)28-20)29(25,26)17-8-5-16(6-9-17)7-11-21(24)27-3/h5-6,8-9,15H,4,7,10-14H2,1-3H3. The summed E-state index contributed by atoms with van der Waals surface area (Å²) in [5.41, 5.74) is 1.61. The minimum absolute atomic E-state index is 0.229. The first-order valence-electron chi connectivity index (χ1n) is 9.93. The summed E-state index contributed by atoms with van der Waals surface area (Å²) in [5, 5.41) is 0. The van der Waals surface area contributed by atoms with Gasteiger partial charge in [-0.3, -0.25) is 4.79 Å². The number of aromatic nitrogens is 1. The molecule has 0 aliphatic carbocycles. The summed E-state index contributed by atoms with van der Waals surface area (Å²) in [6.45, 7) is 4.90. The number of carbonyl (C=O) groups is 1. The minimum atomic E-state index is -3.61. The lowest BCUT2D eigenvalue weighted by molar-refractivity contribution is -0.140. The molecule has 2 aromatic rings. The van der Waals surface area contributed by atoms with Gasteiger partial charge in [-0.25, -0.2) is 13.4 Å². The van der Waals surface area contributed by atoms with Crippen LogP contribution in [0.3, 0.4) is 0 Å². The number of esters is 1. The molecule has 2 heterocycles. The topological polar surface area (TPSA) is 89.7 Å². The van der Waals surface area contributed by atoms with Gasteiger partial charge >= 0.3 is 5.97 Å². The van der Waals surface area contributed by atoms with Crippen LogP contribution in [-0.2, 0) is 45.4 Å². The first-order chi connectivity index (χ1) is 13.8. The molecule has 7 nitrogen and oxygen atoms in total. The molecule has 0 bridgehead atoms. The molecule has 0 saturated carbocycles. The molecule has 8 heteroatoms. The van der Waals surface area contributed by atoms with E-state index in [1.807, 2.05) is 0 Å². The Hall–Kier alpha value is -2.19. The van der Waals surface area contributed by atoms with E-state index < -0.39 is 10.0 Å². The Balaban J connectivity index is 1.68. The predicted molar refractivity (Wildman–Crippen MR) is 108 cm³/mol. The van der Waals surface area contributed by atoms with E-state index in [2.05, 4.69) is 23.6 Å². The Morgan fingerprint density at radius 3 is 2.62 bits per heavy atom. The number of carbonyl (C=O) groups excluding carboxylic acids is 1. The molecule has 158 valence electrons. The molecule has 0 atom stereocenters. The number of hydrogen-bond donors (Lipinski definition) is 0. The zero-order valence-electron chi connectivity index (χ0n) is 17.2. The summed E-state index contributed by atoms with van der Waals surface area (Å²) >= 11 is 0. The molecule has 3 rings (SSSR count). The fraction of sp³-hybridized carbons (Fsp3) is 0.524. The Kier molecular flexibility index (Phi) is 6.74. The fourth-order valence-corrected chi connectivity index (χ4v) is 4.68. The number of methoxy groups -OCH3 is 1. The van der Waals surface area contributed by atoms with Crippen LogP contribution in [0.25, 0.3) is 0 Å². The molecule has 1 aliphatic heterocycles. The zero-order valence-corrected chi connectivity index (χ0v) is 18.0. The molecular weight excluding hydrogens is 392 g/mol.